The van der Waals surface area contributed by atoms with Gasteiger partial charge in [-0.25, -0.2) is 0 Å². The van der Waals surface area contributed by atoms with Crippen molar-refractivity contribution >= 4 is 51.6 Å². The molecule has 0 radical (unpaired) electrons. The Bertz CT molecular complexity index is 1580. The van der Waals surface area contributed by atoms with Gasteiger partial charge in [0.25, 0.3) is 11.7 Å². The number of H-pyrrole nitrogens is 1. The van der Waals surface area contributed by atoms with Gasteiger partial charge in [-0.1, -0.05) is 35.3 Å². The van der Waals surface area contributed by atoms with E-state index in [4.69, 9.17) is 27.9 Å². The number of Topliss-reactive ketones (excluding diaryl/α,β-unsaturated/α-hetero) is 1. The zero-order valence-electron chi connectivity index (χ0n) is 19.7. The molecule has 1 aliphatic rings. The Hall–Kier alpha value is -3.94. The second-order valence-corrected chi connectivity index (χ2v) is 9.53. The van der Waals surface area contributed by atoms with Crippen molar-refractivity contribution in [3.63, 3.8) is 0 Å². The van der Waals surface area contributed by atoms with Crippen molar-refractivity contribution in [1.29, 1.82) is 0 Å². The van der Waals surface area contributed by atoms with Crippen LogP contribution >= 0.6 is 23.2 Å². The summed E-state index contributed by atoms with van der Waals surface area (Å²) in [6.45, 7) is 0.181. The predicted molar refractivity (Wildman–Crippen MR) is 142 cm³/mol. The minimum absolute atomic E-state index is 0.0312. The van der Waals surface area contributed by atoms with Crippen LogP contribution in [0.1, 0.15) is 22.7 Å². The van der Waals surface area contributed by atoms with E-state index in [1.165, 1.54) is 35.2 Å². The number of aliphatic hydroxyl groups is 1. The molecule has 4 aromatic rings. The summed E-state index contributed by atoms with van der Waals surface area (Å²) in [5, 5.41) is 22.8. The SMILES string of the molecule is COc1ccc2[nH]cc(CCN3C(=O)C(=O)C(=C(O)c4ccc(Cl)cc4Cl)[C@H]3c3cccc(O)c3)c2c1. The number of ether oxygens (including phenoxy) is 1. The molecule has 7 nitrogen and oxygen atoms in total. The van der Waals surface area contributed by atoms with E-state index in [0.29, 0.717) is 22.8 Å². The number of fused-ring (bicyclic) bond motifs is 1. The van der Waals surface area contributed by atoms with Gasteiger partial charge in [0.05, 0.1) is 23.7 Å². The number of aromatic nitrogens is 1. The summed E-state index contributed by atoms with van der Waals surface area (Å²) in [4.78, 5) is 31.2. The highest BCUT2D eigenvalue weighted by Gasteiger charge is 2.46. The molecule has 0 unspecified atom stereocenters. The Balaban J connectivity index is 1.58. The largest absolute Gasteiger partial charge is 0.508 e. The van der Waals surface area contributed by atoms with E-state index in [1.54, 1.807) is 19.2 Å². The molecule has 188 valence electrons. The molecule has 37 heavy (non-hydrogen) atoms. The van der Waals surface area contributed by atoms with Crippen LogP contribution in [0.25, 0.3) is 16.7 Å². The number of nitrogens with zero attached hydrogens (tertiary/aromatic N) is 1. The highest BCUT2D eigenvalue weighted by Crippen LogP contribution is 2.41. The number of halogens is 2. The number of likely N-dealkylation sites (tertiary alicyclic amines) is 1. The molecule has 0 aliphatic carbocycles. The number of phenols is 1. The second kappa shape index (κ2) is 9.84. The number of aromatic hydroxyl groups is 1. The van der Waals surface area contributed by atoms with Gasteiger partial charge in [-0.05, 0) is 66.1 Å². The summed E-state index contributed by atoms with van der Waals surface area (Å²) in [5.74, 6) is -1.33. The zero-order valence-corrected chi connectivity index (χ0v) is 21.2. The number of amides is 1. The summed E-state index contributed by atoms with van der Waals surface area (Å²) in [7, 11) is 1.59. The Kier molecular flexibility index (Phi) is 6.58. The minimum atomic E-state index is -0.932. The first-order chi connectivity index (χ1) is 17.8. The highest BCUT2D eigenvalue weighted by molar-refractivity contribution is 6.47. The third-order valence-electron chi connectivity index (χ3n) is 6.51. The summed E-state index contributed by atoms with van der Waals surface area (Å²) < 4.78 is 5.34. The predicted octanol–water partition coefficient (Wildman–Crippen LogP) is 5.85. The number of aromatic amines is 1. The van der Waals surface area contributed by atoms with Crippen LogP contribution in [0.5, 0.6) is 11.5 Å². The molecule has 1 atom stereocenters. The van der Waals surface area contributed by atoms with Gasteiger partial charge in [-0.15, -0.1) is 0 Å². The molecule has 1 fully saturated rings. The quantitative estimate of drug-likeness (QED) is 0.163. The van der Waals surface area contributed by atoms with E-state index in [9.17, 15) is 19.8 Å². The molecular weight excluding hydrogens is 515 g/mol. The third kappa shape index (κ3) is 4.52. The number of ketones is 1. The number of hydrogen-bond donors (Lipinski definition) is 3. The number of hydrogen-bond acceptors (Lipinski definition) is 5. The number of methoxy groups -OCH3 is 1. The van der Waals surface area contributed by atoms with Crippen molar-refractivity contribution < 1.29 is 24.5 Å². The molecule has 3 N–H and O–H groups in total. The summed E-state index contributed by atoms with van der Waals surface area (Å²) >= 11 is 12.3. The first-order valence-corrected chi connectivity index (χ1v) is 12.2. The molecule has 0 bridgehead atoms. The van der Waals surface area contributed by atoms with Crippen molar-refractivity contribution in [2.45, 2.75) is 12.5 Å². The zero-order chi connectivity index (χ0) is 26.3. The van der Waals surface area contributed by atoms with Crippen LogP contribution < -0.4 is 4.74 Å². The minimum Gasteiger partial charge on any atom is -0.508 e. The standard InChI is InChI=1S/C28H22Cl2N2O5/c1-37-19-6-8-23-21(13-19)16(14-31-23)9-10-32-25(15-3-2-4-18(33)11-15)24(27(35)28(32)36)26(34)20-7-5-17(29)12-22(20)30/h2-8,11-14,25,31,33-34H,9-10H2,1H3/t25-/m1/s1. The van der Waals surface area contributed by atoms with E-state index in [-0.39, 0.29) is 28.5 Å². The maximum Gasteiger partial charge on any atom is 0.295 e. The van der Waals surface area contributed by atoms with Gasteiger partial charge >= 0.3 is 0 Å². The molecular formula is C28H22Cl2N2O5. The van der Waals surface area contributed by atoms with Gasteiger partial charge in [-0.2, -0.15) is 0 Å². The lowest BCUT2D eigenvalue weighted by Gasteiger charge is -2.25. The first kappa shape index (κ1) is 24.7. The lowest BCUT2D eigenvalue weighted by atomic mass is 9.95. The number of rotatable bonds is 6. The molecule has 3 aromatic carbocycles. The molecule has 1 amide bonds. The van der Waals surface area contributed by atoms with Crippen LogP contribution in [0.2, 0.25) is 10.0 Å². The van der Waals surface area contributed by atoms with Gasteiger partial charge in [0, 0.05) is 34.2 Å². The van der Waals surface area contributed by atoms with Crippen molar-refractivity contribution in [2.24, 2.45) is 0 Å². The van der Waals surface area contributed by atoms with Gasteiger partial charge in [-0.3, -0.25) is 9.59 Å². The smallest absolute Gasteiger partial charge is 0.295 e. The van der Waals surface area contributed by atoms with Crippen molar-refractivity contribution in [1.82, 2.24) is 9.88 Å². The van der Waals surface area contributed by atoms with Crippen molar-refractivity contribution in [3.8, 4) is 11.5 Å². The van der Waals surface area contributed by atoms with Gasteiger partial charge in [0.15, 0.2) is 0 Å². The highest BCUT2D eigenvalue weighted by atomic mass is 35.5. The van der Waals surface area contributed by atoms with Gasteiger partial charge in [0.2, 0.25) is 0 Å². The monoisotopic (exact) mass is 536 g/mol. The van der Waals surface area contributed by atoms with Crippen molar-refractivity contribution in [3.05, 3.63) is 99.2 Å². The molecule has 1 aromatic heterocycles. The maximum absolute atomic E-state index is 13.3. The Labute approximate surface area is 222 Å². The fourth-order valence-electron chi connectivity index (χ4n) is 4.71. The lowest BCUT2D eigenvalue weighted by molar-refractivity contribution is -0.139. The average molecular weight is 537 g/mol. The van der Waals surface area contributed by atoms with Crippen LogP contribution in [0.4, 0.5) is 0 Å². The molecule has 0 spiro atoms. The van der Waals surface area contributed by atoms with E-state index in [0.717, 1.165) is 16.5 Å². The van der Waals surface area contributed by atoms with Crippen LogP contribution in [-0.4, -0.2) is 45.4 Å². The number of carbonyl (C=O) groups is 2. The lowest BCUT2D eigenvalue weighted by Crippen LogP contribution is -2.31. The Morgan fingerprint density at radius 2 is 1.89 bits per heavy atom. The molecule has 2 heterocycles. The van der Waals surface area contributed by atoms with Crippen LogP contribution in [-0.2, 0) is 16.0 Å². The topological polar surface area (TPSA) is 103 Å². The second-order valence-electron chi connectivity index (χ2n) is 8.69. The van der Waals surface area contributed by atoms with Gasteiger partial charge < -0.3 is 24.8 Å². The van der Waals surface area contributed by atoms with Crippen LogP contribution in [0, 0.1) is 0 Å². The third-order valence-corrected chi connectivity index (χ3v) is 7.06. The number of benzene rings is 3. The summed E-state index contributed by atoms with van der Waals surface area (Å²) in [6.07, 6.45) is 2.29. The first-order valence-electron chi connectivity index (χ1n) is 11.4. The van der Waals surface area contributed by atoms with E-state index in [1.807, 2.05) is 24.4 Å². The van der Waals surface area contributed by atoms with E-state index in [2.05, 4.69) is 4.98 Å². The average Bonchev–Trinajstić information content (AvgIpc) is 3.40. The number of aliphatic hydroxyl groups excluding tert-OH is 1. The maximum atomic E-state index is 13.3. The normalized spacial score (nSPS) is 17.1. The van der Waals surface area contributed by atoms with Crippen LogP contribution in [0.3, 0.4) is 0 Å². The molecule has 9 heteroatoms. The number of carbonyl (C=O) groups excluding carboxylic acids is 2. The van der Waals surface area contributed by atoms with Gasteiger partial charge in [0.1, 0.15) is 17.3 Å². The van der Waals surface area contributed by atoms with E-state index < -0.39 is 23.5 Å². The van der Waals surface area contributed by atoms with E-state index >= 15 is 0 Å². The molecule has 5 rings (SSSR count). The number of phenolic OH excluding ortho intramolecular Hbond substituents is 1. The molecule has 1 saturated heterocycles. The Morgan fingerprint density at radius 1 is 1.08 bits per heavy atom. The van der Waals surface area contributed by atoms with Crippen LogP contribution in [0.15, 0.2) is 72.4 Å². The fraction of sp³-hybridized carbons (Fsp3) is 0.143. The molecule has 1 aliphatic heterocycles. The summed E-state index contributed by atoms with van der Waals surface area (Å²) in [5.41, 5.74) is 2.40. The van der Waals surface area contributed by atoms with Crippen molar-refractivity contribution in [2.75, 3.05) is 13.7 Å². The molecule has 0 saturated carbocycles. The fourth-order valence-corrected chi connectivity index (χ4v) is 5.21. The Morgan fingerprint density at radius 3 is 2.62 bits per heavy atom. The summed E-state index contributed by atoms with van der Waals surface area (Å²) in [6, 6.07) is 15.5. The number of nitrogens with one attached hydrogen (secondary N) is 1.